The van der Waals surface area contributed by atoms with Crippen LogP contribution in [0.3, 0.4) is 0 Å². The van der Waals surface area contributed by atoms with Gasteiger partial charge in [0.1, 0.15) is 0 Å². The molecule has 0 bridgehead atoms. The molecule has 0 saturated heterocycles. The minimum atomic E-state index is -4.96. The van der Waals surface area contributed by atoms with Gasteiger partial charge in [-0.2, -0.15) is 13.2 Å². The number of carbonyl (C=O) groups is 2. The maximum absolute atomic E-state index is 13.1. The Balaban J connectivity index is 2.11. The van der Waals surface area contributed by atoms with E-state index in [1.54, 1.807) is 54.3 Å². The zero-order chi connectivity index (χ0) is 19.8. The van der Waals surface area contributed by atoms with Crippen LogP contribution in [0.4, 0.5) is 24.5 Å². The molecule has 0 fully saturated rings. The van der Waals surface area contributed by atoms with Gasteiger partial charge in [0.15, 0.2) is 0 Å². The molecule has 27 heavy (non-hydrogen) atoms. The van der Waals surface area contributed by atoms with Crippen LogP contribution in [0.5, 0.6) is 0 Å². The number of anilines is 2. The van der Waals surface area contributed by atoms with Crippen LogP contribution in [0.1, 0.15) is 31.9 Å². The molecular weight excluding hydrogens is 357 g/mol. The maximum Gasteiger partial charge on any atom is 0.471 e. The van der Waals surface area contributed by atoms with Crippen LogP contribution in [0.2, 0.25) is 0 Å². The molecule has 1 aliphatic heterocycles. The average molecular weight is 376 g/mol. The summed E-state index contributed by atoms with van der Waals surface area (Å²) in [5.41, 5.74) is 1.37. The second-order valence-corrected chi connectivity index (χ2v) is 6.56. The lowest BCUT2D eigenvalue weighted by molar-refractivity contribution is -0.171. The molecule has 2 aromatic rings. The number of amides is 2. The lowest BCUT2D eigenvalue weighted by Gasteiger charge is -2.43. The van der Waals surface area contributed by atoms with Gasteiger partial charge in [0.25, 0.3) is 0 Å². The summed E-state index contributed by atoms with van der Waals surface area (Å²) >= 11 is 0. The molecule has 0 N–H and O–H groups in total. The predicted molar refractivity (Wildman–Crippen MR) is 96.4 cm³/mol. The zero-order valence-corrected chi connectivity index (χ0v) is 14.9. The molecule has 7 heteroatoms. The molecule has 1 aliphatic rings. The van der Waals surface area contributed by atoms with E-state index >= 15 is 0 Å². The molecule has 1 heterocycles. The fraction of sp³-hybridized carbons (Fsp3) is 0.300. The van der Waals surface area contributed by atoms with Gasteiger partial charge in [0, 0.05) is 24.3 Å². The second-order valence-electron chi connectivity index (χ2n) is 6.56. The first kappa shape index (κ1) is 18.9. The van der Waals surface area contributed by atoms with Crippen molar-refractivity contribution in [2.75, 3.05) is 9.80 Å². The molecule has 4 nitrogen and oxygen atoms in total. The van der Waals surface area contributed by atoms with E-state index in [0.29, 0.717) is 11.3 Å². The molecule has 0 spiro atoms. The number of halogens is 3. The molecule has 0 unspecified atom stereocenters. The topological polar surface area (TPSA) is 40.6 Å². The van der Waals surface area contributed by atoms with E-state index in [2.05, 4.69) is 0 Å². The monoisotopic (exact) mass is 376 g/mol. The highest BCUT2D eigenvalue weighted by atomic mass is 19.4. The SMILES string of the molecule is CC(=O)N(c1ccccc1)[C@@H]1C[C@H](C)N(C(=O)C(F)(F)F)c2ccccc21. The first-order valence-electron chi connectivity index (χ1n) is 8.56. The van der Waals surface area contributed by atoms with Crippen molar-refractivity contribution in [3.8, 4) is 0 Å². The molecule has 0 aromatic heterocycles. The number of fused-ring (bicyclic) bond motifs is 1. The first-order chi connectivity index (χ1) is 12.7. The van der Waals surface area contributed by atoms with Crippen molar-refractivity contribution in [1.82, 2.24) is 0 Å². The van der Waals surface area contributed by atoms with Gasteiger partial charge in [-0.1, -0.05) is 36.4 Å². The summed E-state index contributed by atoms with van der Waals surface area (Å²) in [6, 6.07) is 14.2. The fourth-order valence-electron chi connectivity index (χ4n) is 3.64. The van der Waals surface area contributed by atoms with E-state index < -0.39 is 24.2 Å². The Bertz CT molecular complexity index is 852. The summed E-state index contributed by atoms with van der Waals surface area (Å²) < 4.78 is 39.3. The van der Waals surface area contributed by atoms with Crippen LogP contribution in [0.15, 0.2) is 54.6 Å². The number of hydrogen-bond acceptors (Lipinski definition) is 2. The third-order valence-corrected chi connectivity index (χ3v) is 4.71. The fourth-order valence-corrected chi connectivity index (χ4v) is 3.64. The number of rotatable bonds is 2. The van der Waals surface area contributed by atoms with Gasteiger partial charge in [-0.15, -0.1) is 0 Å². The standard InChI is InChI=1S/C20H19F3N2O2/c1-13-12-18(25(14(2)26)15-8-4-3-5-9-15)16-10-6-7-11-17(16)24(13)19(27)20(21,22)23/h3-11,13,18H,12H2,1-2H3/t13-,18+/m0/s1. The van der Waals surface area contributed by atoms with E-state index in [9.17, 15) is 22.8 Å². The van der Waals surface area contributed by atoms with Crippen molar-refractivity contribution in [2.24, 2.45) is 0 Å². The van der Waals surface area contributed by atoms with Gasteiger partial charge in [-0.3, -0.25) is 9.59 Å². The van der Waals surface area contributed by atoms with Crippen molar-refractivity contribution in [3.63, 3.8) is 0 Å². The third kappa shape index (κ3) is 3.54. The summed E-state index contributed by atoms with van der Waals surface area (Å²) in [6.07, 6.45) is -4.76. The minimum Gasteiger partial charge on any atom is -0.305 e. The summed E-state index contributed by atoms with van der Waals surface area (Å²) in [5.74, 6) is -2.11. The number of alkyl halides is 3. The van der Waals surface area contributed by atoms with E-state index in [4.69, 9.17) is 0 Å². The van der Waals surface area contributed by atoms with Gasteiger partial charge < -0.3 is 9.80 Å². The average Bonchev–Trinajstić information content (AvgIpc) is 2.61. The molecular formula is C20H19F3N2O2. The molecule has 3 rings (SSSR count). The Kier molecular flexibility index (Phi) is 4.95. The van der Waals surface area contributed by atoms with E-state index in [-0.39, 0.29) is 18.0 Å². The van der Waals surface area contributed by atoms with Crippen molar-refractivity contribution in [2.45, 2.75) is 38.5 Å². The molecule has 2 atom stereocenters. The highest BCUT2D eigenvalue weighted by molar-refractivity contribution is 6.00. The zero-order valence-electron chi connectivity index (χ0n) is 14.9. The van der Waals surface area contributed by atoms with Crippen LogP contribution >= 0.6 is 0 Å². The van der Waals surface area contributed by atoms with Crippen LogP contribution in [0.25, 0.3) is 0 Å². The van der Waals surface area contributed by atoms with Crippen molar-refractivity contribution < 1.29 is 22.8 Å². The Morgan fingerprint density at radius 1 is 1.04 bits per heavy atom. The Morgan fingerprint density at radius 3 is 2.22 bits per heavy atom. The number of benzene rings is 2. The Hall–Kier alpha value is -2.83. The van der Waals surface area contributed by atoms with Gasteiger partial charge >= 0.3 is 12.1 Å². The van der Waals surface area contributed by atoms with E-state index in [1.807, 2.05) is 6.07 Å². The second kappa shape index (κ2) is 7.06. The number of nitrogens with zero attached hydrogens (tertiary/aromatic N) is 2. The highest BCUT2D eigenvalue weighted by Gasteiger charge is 2.48. The lowest BCUT2D eigenvalue weighted by atomic mass is 9.90. The molecule has 0 radical (unpaired) electrons. The van der Waals surface area contributed by atoms with Crippen molar-refractivity contribution in [3.05, 3.63) is 60.2 Å². The summed E-state index contributed by atoms with van der Waals surface area (Å²) in [7, 11) is 0. The molecule has 0 aliphatic carbocycles. The van der Waals surface area contributed by atoms with Gasteiger partial charge in [-0.05, 0) is 37.1 Å². The maximum atomic E-state index is 13.1. The third-order valence-electron chi connectivity index (χ3n) is 4.71. The summed E-state index contributed by atoms with van der Waals surface area (Å²) in [5, 5.41) is 0. The van der Waals surface area contributed by atoms with E-state index in [0.717, 1.165) is 4.90 Å². The van der Waals surface area contributed by atoms with E-state index in [1.165, 1.54) is 13.0 Å². The normalized spacial score (nSPS) is 19.4. The molecule has 2 aromatic carbocycles. The van der Waals surface area contributed by atoms with Crippen LogP contribution < -0.4 is 9.80 Å². The molecule has 2 amide bonds. The van der Waals surface area contributed by atoms with Crippen LogP contribution in [0, 0.1) is 0 Å². The number of hydrogen-bond donors (Lipinski definition) is 0. The van der Waals surface area contributed by atoms with Gasteiger partial charge in [0.05, 0.1) is 6.04 Å². The highest BCUT2D eigenvalue weighted by Crippen LogP contribution is 2.43. The smallest absolute Gasteiger partial charge is 0.305 e. The molecule has 142 valence electrons. The van der Waals surface area contributed by atoms with Gasteiger partial charge in [-0.25, -0.2) is 0 Å². The summed E-state index contributed by atoms with van der Waals surface area (Å²) in [4.78, 5) is 26.8. The minimum absolute atomic E-state index is 0.186. The largest absolute Gasteiger partial charge is 0.471 e. The van der Waals surface area contributed by atoms with Crippen molar-refractivity contribution >= 4 is 23.2 Å². The molecule has 0 saturated carbocycles. The van der Waals surface area contributed by atoms with Gasteiger partial charge in [0.2, 0.25) is 5.91 Å². The first-order valence-corrected chi connectivity index (χ1v) is 8.56. The number of carbonyl (C=O) groups excluding carboxylic acids is 2. The van der Waals surface area contributed by atoms with Crippen LogP contribution in [-0.2, 0) is 9.59 Å². The number of para-hydroxylation sites is 2. The quantitative estimate of drug-likeness (QED) is 0.776. The van der Waals surface area contributed by atoms with Crippen molar-refractivity contribution in [1.29, 1.82) is 0 Å². The van der Waals surface area contributed by atoms with Crippen LogP contribution in [-0.4, -0.2) is 24.0 Å². The Labute approximate surface area is 155 Å². The Morgan fingerprint density at radius 2 is 1.63 bits per heavy atom. The lowest BCUT2D eigenvalue weighted by Crippen LogP contribution is -2.51. The summed E-state index contributed by atoms with van der Waals surface area (Å²) in [6.45, 7) is 2.99. The predicted octanol–water partition coefficient (Wildman–Crippen LogP) is 4.47.